The van der Waals surface area contributed by atoms with Crippen molar-refractivity contribution in [1.82, 2.24) is 10.2 Å². The molecule has 1 aliphatic heterocycles. The van der Waals surface area contributed by atoms with E-state index in [0.717, 1.165) is 19.5 Å². The zero-order chi connectivity index (χ0) is 15.9. The van der Waals surface area contributed by atoms with Gasteiger partial charge in [-0.1, -0.05) is 24.3 Å². The standard InChI is InChI=1S/C17H27N3O2.2ClH/c1-13(11-19-17(21)9-16(10-18)22-2)20-8-7-14-5-3-4-6-15(14)12-20;;/h3-6,13,16H,7-12,18H2,1-2H3,(H,19,21);2*1H. The van der Waals surface area contributed by atoms with E-state index in [1.165, 1.54) is 11.1 Å². The summed E-state index contributed by atoms with van der Waals surface area (Å²) < 4.78 is 5.14. The third kappa shape index (κ3) is 6.57. The largest absolute Gasteiger partial charge is 0.380 e. The minimum atomic E-state index is -0.197. The van der Waals surface area contributed by atoms with Gasteiger partial charge in [-0.2, -0.15) is 0 Å². The quantitative estimate of drug-likeness (QED) is 0.759. The highest BCUT2D eigenvalue weighted by Gasteiger charge is 2.21. The second-order valence-electron chi connectivity index (χ2n) is 5.94. The smallest absolute Gasteiger partial charge is 0.222 e. The molecule has 0 bridgehead atoms. The zero-order valence-electron chi connectivity index (χ0n) is 14.4. The van der Waals surface area contributed by atoms with Gasteiger partial charge in [0.25, 0.3) is 0 Å². The number of ether oxygens (including phenoxy) is 1. The second kappa shape index (κ2) is 11.7. The molecule has 0 fully saturated rings. The summed E-state index contributed by atoms with van der Waals surface area (Å²) in [4.78, 5) is 14.3. The number of hydrogen-bond acceptors (Lipinski definition) is 4. The molecular weight excluding hydrogens is 349 g/mol. The molecule has 5 nitrogen and oxygen atoms in total. The zero-order valence-corrected chi connectivity index (χ0v) is 16.0. The predicted octanol–water partition coefficient (Wildman–Crippen LogP) is 1.76. The molecule has 1 aromatic rings. The number of rotatable bonds is 7. The Kier molecular flexibility index (Phi) is 11.2. The molecular formula is C17H29Cl2N3O2. The maximum atomic E-state index is 11.9. The van der Waals surface area contributed by atoms with Crippen LogP contribution in [0.5, 0.6) is 0 Å². The molecule has 2 rings (SSSR count). The molecule has 24 heavy (non-hydrogen) atoms. The number of carbonyl (C=O) groups is 1. The van der Waals surface area contributed by atoms with Crippen LogP contribution in [-0.4, -0.2) is 49.7 Å². The number of nitrogens with one attached hydrogen (secondary N) is 1. The van der Waals surface area contributed by atoms with Gasteiger partial charge in [0.05, 0.1) is 12.5 Å². The predicted molar refractivity (Wildman–Crippen MR) is 102 cm³/mol. The van der Waals surface area contributed by atoms with Crippen molar-refractivity contribution in [2.45, 2.75) is 38.5 Å². The summed E-state index contributed by atoms with van der Waals surface area (Å²) in [6, 6.07) is 8.90. The van der Waals surface area contributed by atoms with E-state index in [-0.39, 0.29) is 36.8 Å². The number of halogens is 2. The van der Waals surface area contributed by atoms with E-state index in [0.29, 0.717) is 25.6 Å². The minimum absolute atomic E-state index is 0. The normalized spacial score (nSPS) is 16.1. The summed E-state index contributed by atoms with van der Waals surface area (Å²) in [7, 11) is 1.58. The molecule has 0 aromatic heterocycles. The van der Waals surface area contributed by atoms with Crippen molar-refractivity contribution >= 4 is 30.7 Å². The van der Waals surface area contributed by atoms with E-state index in [4.69, 9.17) is 10.5 Å². The third-order valence-corrected chi connectivity index (χ3v) is 4.39. The summed E-state index contributed by atoms with van der Waals surface area (Å²) in [5.41, 5.74) is 8.38. The van der Waals surface area contributed by atoms with Crippen molar-refractivity contribution in [1.29, 1.82) is 0 Å². The Hall–Kier alpha value is -0.850. The lowest BCUT2D eigenvalue weighted by Gasteiger charge is -2.33. The summed E-state index contributed by atoms with van der Waals surface area (Å²) in [6.07, 6.45) is 1.20. The first-order valence-corrected chi connectivity index (χ1v) is 7.94. The molecule has 1 heterocycles. The number of amides is 1. The van der Waals surface area contributed by atoms with Gasteiger partial charge in [0.1, 0.15) is 0 Å². The molecule has 0 saturated heterocycles. The highest BCUT2D eigenvalue weighted by Crippen LogP contribution is 2.19. The Labute approximate surface area is 157 Å². The van der Waals surface area contributed by atoms with Gasteiger partial charge in [-0.3, -0.25) is 9.69 Å². The summed E-state index contributed by atoms with van der Waals surface area (Å²) >= 11 is 0. The van der Waals surface area contributed by atoms with Crippen molar-refractivity contribution in [3.63, 3.8) is 0 Å². The van der Waals surface area contributed by atoms with Crippen LogP contribution < -0.4 is 11.1 Å². The van der Waals surface area contributed by atoms with Gasteiger partial charge in [0, 0.05) is 39.3 Å². The van der Waals surface area contributed by atoms with Gasteiger partial charge in [-0.15, -0.1) is 24.8 Å². The second-order valence-corrected chi connectivity index (χ2v) is 5.94. The number of nitrogens with zero attached hydrogens (tertiary/aromatic N) is 1. The Morgan fingerprint density at radius 2 is 2.00 bits per heavy atom. The van der Waals surface area contributed by atoms with Crippen molar-refractivity contribution < 1.29 is 9.53 Å². The highest BCUT2D eigenvalue weighted by atomic mass is 35.5. The van der Waals surface area contributed by atoms with Gasteiger partial charge >= 0.3 is 0 Å². The molecule has 0 spiro atoms. The lowest BCUT2D eigenvalue weighted by molar-refractivity contribution is -0.123. The Bertz CT molecular complexity index is 498. The molecule has 2 atom stereocenters. The molecule has 0 aliphatic carbocycles. The fourth-order valence-corrected chi connectivity index (χ4v) is 2.83. The van der Waals surface area contributed by atoms with Gasteiger partial charge in [0.15, 0.2) is 0 Å². The summed E-state index contributed by atoms with van der Waals surface area (Å²) in [6.45, 7) is 5.17. The minimum Gasteiger partial charge on any atom is -0.380 e. The van der Waals surface area contributed by atoms with Crippen LogP contribution in [0.2, 0.25) is 0 Å². The fraction of sp³-hybridized carbons (Fsp3) is 0.588. The molecule has 3 N–H and O–H groups in total. The van der Waals surface area contributed by atoms with Crippen molar-refractivity contribution in [3.05, 3.63) is 35.4 Å². The molecule has 138 valence electrons. The first-order chi connectivity index (χ1) is 10.6. The van der Waals surface area contributed by atoms with E-state index in [1.54, 1.807) is 7.11 Å². The van der Waals surface area contributed by atoms with Crippen LogP contribution in [0.4, 0.5) is 0 Å². The number of fused-ring (bicyclic) bond motifs is 1. The van der Waals surface area contributed by atoms with Crippen LogP contribution >= 0.6 is 24.8 Å². The lowest BCUT2D eigenvalue weighted by Crippen LogP contribution is -2.45. The Morgan fingerprint density at radius 1 is 1.33 bits per heavy atom. The van der Waals surface area contributed by atoms with E-state index < -0.39 is 0 Å². The first kappa shape index (κ1) is 23.1. The van der Waals surface area contributed by atoms with E-state index in [9.17, 15) is 4.79 Å². The van der Waals surface area contributed by atoms with Crippen molar-refractivity contribution in [3.8, 4) is 0 Å². The van der Waals surface area contributed by atoms with Gasteiger partial charge in [0.2, 0.25) is 5.91 Å². The number of methoxy groups -OCH3 is 1. The number of hydrogen-bond donors (Lipinski definition) is 2. The SMILES string of the molecule is COC(CN)CC(=O)NCC(C)N1CCc2ccccc2C1.Cl.Cl. The van der Waals surface area contributed by atoms with Crippen molar-refractivity contribution in [2.24, 2.45) is 5.73 Å². The highest BCUT2D eigenvalue weighted by molar-refractivity contribution is 5.85. The molecule has 7 heteroatoms. The van der Waals surface area contributed by atoms with Crippen LogP contribution in [0.15, 0.2) is 24.3 Å². The van der Waals surface area contributed by atoms with Crippen LogP contribution in [0.1, 0.15) is 24.5 Å². The first-order valence-electron chi connectivity index (χ1n) is 7.94. The van der Waals surface area contributed by atoms with Gasteiger partial charge in [-0.25, -0.2) is 0 Å². The summed E-state index contributed by atoms with van der Waals surface area (Å²) in [5.74, 6) is 0.00144. The molecule has 1 aliphatic rings. The van der Waals surface area contributed by atoms with E-state index >= 15 is 0 Å². The van der Waals surface area contributed by atoms with Crippen molar-refractivity contribution in [2.75, 3.05) is 26.7 Å². The molecule has 0 radical (unpaired) electrons. The Morgan fingerprint density at radius 3 is 2.62 bits per heavy atom. The number of carbonyl (C=O) groups excluding carboxylic acids is 1. The molecule has 2 unspecified atom stereocenters. The number of benzene rings is 1. The molecule has 1 amide bonds. The monoisotopic (exact) mass is 377 g/mol. The van der Waals surface area contributed by atoms with Crippen LogP contribution in [0.3, 0.4) is 0 Å². The third-order valence-electron chi connectivity index (χ3n) is 4.39. The topological polar surface area (TPSA) is 67.6 Å². The molecule has 0 saturated carbocycles. The average molecular weight is 378 g/mol. The molecule has 1 aromatic carbocycles. The van der Waals surface area contributed by atoms with E-state index in [1.807, 2.05) is 0 Å². The summed E-state index contributed by atoms with van der Waals surface area (Å²) in [5, 5.41) is 2.99. The Balaban J connectivity index is 0.00000264. The van der Waals surface area contributed by atoms with Crippen LogP contribution in [-0.2, 0) is 22.5 Å². The van der Waals surface area contributed by atoms with Gasteiger partial charge in [-0.05, 0) is 24.5 Å². The number of nitrogens with two attached hydrogens (primary N) is 1. The lowest BCUT2D eigenvalue weighted by atomic mass is 9.99. The van der Waals surface area contributed by atoms with E-state index in [2.05, 4.69) is 41.4 Å². The van der Waals surface area contributed by atoms with Crippen LogP contribution in [0, 0.1) is 0 Å². The maximum absolute atomic E-state index is 11.9. The fourth-order valence-electron chi connectivity index (χ4n) is 2.83. The van der Waals surface area contributed by atoms with Crippen LogP contribution in [0.25, 0.3) is 0 Å². The van der Waals surface area contributed by atoms with Gasteiger partial charge < -0.3 is 15.8 Å². The maximum Gasteiger partial charge on any atom is 0.222 e. The average Bonchev–Trinajstić information content (AvgIpc) is 2.57.